The molecule has 0 unspecified atom stereocenters. The van der Waals surface area contributed by atoms with Crippen LogP contribution >= 0.6 is 0 Å². The van der Waals surface area contributed by atoms with E-state index in [0.717, 1.165) is 6.54 Å². The van der Waals surface area contributed by atoms with E-state index in [2.05, 4.69) is 87.6 Å². The molecule has 0 spiro atoms. The van der Waals surface area contributed by atoms with Crippen LogP contribution in [0.4, 0.5) is 0 Å². The van der Waals surface area contributed by atoms with Gasteiger partial charge in [-0.15, -0.1) is 0 Å². The van der Waals surface area contributed by atoms with Gasteiger partial charge in [-0.1, -0.05) is 66.2 Å². The molecule has 1 N–H and O–H groups in total. The van der Waals surface area contributed by atoms with E-state index in [0.29, 0.717) is 0 Å². The van der Waals surface area contributed by atoms with Crippen molar-refractivity contribution in [2.75, 3.05) is 6.54 Å². The van der Waals surface area contributed by atoms with Gasteiger partial charge in [-0.3, -0.25) is 0 Å². The van der Waals surface area contributed by atoms with E-state index in [-0.39, 0.29) is 5.54 Å². The molecule has 2 rings (SSSR count). The first-order valence-corrected chi connectivity index (χ1v) is 7.52. The molecule has 0 heterocycles. The highest BCUT2D eigenvalue weighted by Gasteiger charge is 2.07. The number of nitrogens with one attached hydrogen (secondary N) is 1. The largest absolute Gasteiger partial charge is 0.308 e. The molecule has 21 heavy (non-hydrogen) atoms. The molecule has 0 aliphatic rings. The molecule has 0 bridgehead atoms. The van der Waals surface area contributed by atoms with Gasteiger partial charge in [-0.2, -0.15) is 0 Å². The molecular weight excluding hydrogens is 254 g/mol. The lowest BCUT2D eigenvalue weighted by atomic mass is 10.0. The number of benzene rings is 2. The summed E-state index contributed by atoms with van der Waals surface area (Å²) >= 11 is 0. The summed E-state index contributed by atoms with van der Waals surface area (Å²) < 4.78 is 0. The Bertz CT molecular complexity index is 586. The van der Waals surface area contributed by atoms with Gasteiger partial charge in [-0.05, 0) is 44.4 Å². The van der Waals surface area contributed by atoms with Crippen LogP contribution in [0.3, 0.4) is 0 Å². The van der Waals surface area contributed by atoms with Gasteiger partial charge in [0, 0.05) is 12.1 Å². The third-order valence-electron chi connectivity index (χ3n) is 3.33. The summed E-state index contributed by atoms with van der Waals surface area (Å²) in [6, 6.07) is 19.2. The van der Waals surface area contributed by atoms with Crippen molar-refractivity contribution in [2.24, 2.45) is 0 Å². The Morgan fingerprint density at radius 1 is 0.905 bits per heavy atom. The molecule has 0 atom stereocenters. The highest BCUT2D eigenvalue weighted by atomic mass is 14.9. The number of hydrogen-bond donors (Lipinski definition) is 1. The molecule has 0 saturated heterocycles. The van der Waals surface area contributed by atoms with Crippen molar-refractivity contribution >= 4 is 6.08 Å². The molecule has 0 radical (unpaired) electrons. The SMILES string of the molecule is CC(=Cc1ccc(-c2ccccc2)cc1)CNC(C)(C)C. The van der Waals surface area contributed by atoms with Crippen molar-refractivity contribution in [2.45, 2.75) is 33.2 Å². The maximum absolute atomic E-state index is 3.51. The third-order valence-corrected chi connectivity index (χ3v) is 3.33. The molecule has 2 aromatic rings. The van der Waals surface area contributed by atoms with Crippen molar-refractivity contribution in [3.8, 4) is 11.1 Å². The molecule has 0 saturated carbocycles. The van der Waals surface area contributed by atoms with Crippen LogP contribution in [0, 0.1) is 0 Å². The topological polar surface area (TPSA) is 12.0 Å². The highest BCUT2D eigenvalue weighted by Crippen LogP contribution is 2.20. The lowest BCUT2D eigenvalue weighted by Crippen LogP contribution is -2.36. The van der Waals surface area contributed by atoms with Crippen LogP contribution < -0.4 is 5.32 Å². The fourth-order valence-electron chi connectivity index (χ4n) is 2.14. The average Bonchev–Trinajstić information content (AvgIpc) is 2.46. The molecule has 0 fully saturated rings. The maximum atomic E-state index is 3.51. The van der Waals surface area contributed by atoms with Crippen LogP contribution in [0.25, 0.3) is 17.2 Å². The zero-order chi connectivity index (χ0) is 15.3. The summed E-state index contributed by atoms with van der Waals surface area (Å²) in [5.41, 5.74) is 5.28. The van der Waals surface area contributed by atoms with Crippen LogP contribution in [-0.4, -0.2) is 12.1 Å². The van der Waals surface area contributed by atoms with Crippen LogP contribution in [0.5, 0.6) is 0 Å². The standard InChI is InChI=1S/C20H25N/c1-16(15-21-20(2,3)4)14-17-10-12-19(13-11-17)18-8-6-5-7-9-18/h5-14,21H,15H2,1-4H3. The van der Waals surface area contributed by atoms with Gasteiger partial charge in [0.1, 0.15) is 0 Å². The second kappa shape index (κ2) is 6.73. The Hall–Kier alpha value is -1.86. The third kappa shape index (κ3) is 5.20. The summed E-state index contributed by atoms with van der Waals surface area (Å²) in [7, 11) is 0. The smallest absolute Gasteiger partial charge is 0.0170 e. The first-order chi connectivity index (χ1) is 9.94. The zero-order valence-corrected chi connectivity index (χ0v) is 13.5. The maximum Gasteiger partial charge on any atom is 0.0170 e. The van der Waals surface area contributed by atoms with Crippen molar-refractivity contribution in [1.29, 1.82) is 0 Å². The van der Waals surface area contributed by atoms with E-state index in [1.165, 1.54) is 22.3 Å². The van der Waals surface area contributed by atoms with Gasteiger partial charge < -0.3 is 5.32 Å². The van der Waals surface area contributed by atoms with Crippen LogP contribution in [0.2, 0.25) is 0 Å². The summed E-state index contributed by atoms with van der Waals surface area (Å²) in [6.07, 6.45) is 2.24. The second-order valence-corrected chi connectivity index (χ2v) is 6.58. The first-order valence-electron chi connectivity index (χ1n) is 7.52. The molecule has 0 aliphatic carbocycles. The van der Waals surface area contributed by atoms with Crippen LogP contribution in [0.1, 0.15) is 33.3 Å². The van der Waals surface area contributed by atoms with E-state index < -0.39 is 0 Å². The molecule has 1 nitrogen and oxygen atoms in total. The van der Waals surface area contributed by atoms with Crippen molar-refractivity contribution < 1.29 is 0 Å². The number of hydrogen-bond acceptors (Lipinski definition) is 1. The molecule has 0 aliphatic heterocycles. The molecular formula is C20H25N. The van der Waals surface area contributed by atoms with Crippen molar-refractivity contribution in [1.82, 2.24) is 5.32 Å². The van der Waals surface area contributed by atoms with E-state index in [1.54, 1.807) is 0 Å². The number of rotatable bonds is 4. The minimum Gasteiger partial charge on any atom is -0.308 e. The zero-order valence-electron chi connectivity index (χ0n) is 13.5. The van der Waals surface area contributed by atoms with E-state index >= 15 is 0 Å². The van der Waals surface area contributed by atoms with Crippen molar-refractivity contribution in [3.05, 3.63) is 65.7 Å². The van der Waals surface area contributed by atoms with Crippen LogP contribution in [0.15, 0.2) is 60.2 Å². The first kappa shape index (κ1) is 15.5. The summed E-state index contributed by atoms with van der Waals surface area (Å²) in [5, 5.41) is 3.51. The predicted octanol–water partition coefficient (Wildman–Crippen LogP) is 5.15. The summed E-state index contributed by atoms with van der Waals surface area (Å²) in [4.78, 5) is 0. The van der Waals surface area contributed by atoms with E-state index in [1.807, 2.05) is 6.07 Å². The Labute approximate surface area is 128 Å². The Morgan fingerprint density at radius 3 is 2.05 bits per heavy atom. The predicted molar refractivity (Wildman–Crippen MR) is 93.3 cm³/mol. The second-order valence-electron chi connectivity index (χ2n) is 6.58. The van der Waals surface area contributed by atoms with E-state index in [4.69, 9.17) is 0 Å². The Balaban J connectivity index is 2.05. The van der Waals surface area contributed by atoms with Crippen molar-refractivity contribution in [3.63, 3.8) is 0 Å². The summed E-state index contributed by atoms with van der Waals surface area (Å²) in [6.45, 7) is 9.66. The molecule has 0 aromatic heterocycles. The Morgan fingerprint density at radius 2 is 1.48 bits per heavy atom. The minimum absolute atomic E-state index is 0.159. The van der Waals surface area contributed by atoms with E-state index in [9.17, 15) is 0 Å². The monoisotopic (exact) mass is 279 g/mol. The highest BCUT2D eigenvalue weighted by molar-refractivity contribution is 5.66. The summed E-state index contributed by atoms with van der Waals surface area (Å²) in [5.74, 6) is 0. The fraction of sp³-hybridized carbons (Fsp3) is 0.300. The lowest BCUT2D eigenvalue weighted by Gasteiger charge is -2.20. The molecule has 0 amide bonds. The molecule has 2 aromatic carbocycles. The molecule has 1 heteroatoms. The van der Waals surface area contributed by atoms with Crippen LogP contribution in [-0.2, 0) is 0 Å². The van der Waals surface area contributed by atoms with Gasteiger partial charge in [0.15, 0.2) is 0 Å². The quantitative estimate of drug-likeness (QED) is 0.816. The average molecular weight is 279 g/mol. The lowest BCUT2D eigenvalue weighted by molar-refractivity contribution is 0.445. The van der Waals surface area contributed by atoms with Gasteiger partial charge in [0.05, 0.1) is 0 Å². The van der Waals surface area contributed by atoms with Gasteiger partial charge in [0.2, 0.25) is 0 Å². The van der Waals surface area contributed by atoms with Gasteiger partial charge in [-0.25, -0.2) is 0 Å². The van der Waals surface area contributed by atoms with Gasteiger partial charge >= 0.3 is 0 Å². The normalized spacial score (nSPS) is 12.5. The molecule has 110 valence electrons. The fourth-order valence-corrected chi connectivity index (χ4v) is 2.14. The van der Waals surface area contributed by atoms with Gasteiger partial charge in [0.25, 0.3) is 0 Å². The minimum atomic E-state index is 0.159. The Kier molecular flexibility index (Phi) is 4.98.